The van der Waals surface area contributed by atoms with Gasteiger partial charge in [-0.1, -0.05) is 6.08 Å². The molecular formula is C18H26O2S4. The molecule has 6 heteroatoms. The van der Waals surface area contributed by atoms with E-state index >= 15 is 0 Å². The zero-order valence-electron chi connectivity index (χ0n) is 14.3. The highest BCUT2D eigenvalue weighted by Gasteiger charge is 2.60. The normalized spacial score (nSPS) is 43.3. The quantitative estimate of drug-likeness (QED) is 0.562. The van der Waals surface area contributed by atoms with Gasteiger partial charge in [0.1, 0.15) is 10.2 Å². The Balaban J connectivity index is 1.35. The topological polar surface area (TPSA) is 18.5 Å². The van der Waals surface area contributed by atoms with Crippen molar-refractivity contribution in [2.45, 2.75) is 71.6 Å². The Bertz CT molecular complexity index is 539. The van der Waals surface area contributed by atoms with Gasteiger partial charge in [-0.05, 0) is 62.5 Å². The van der Waals surface area contributed by atoms with Crippen LogP contribution in [0.1, 0.15) is 45.4 Å². The number of thioether (sulfide) groups is 4. The molecule has 2 nitrogen and oxygen atoms in total. The predicted molar refractivity (Wildman–Crippen MR) is 109 cm³/mol. The third-order valence-corrected chi connectivity index (χ3v) is 13.2. The molecule has 134 valence electrons. The standard InChI is InChI=1S/C18H26O2S4/c1-16-7-8-18(23-9-2-10-24-18)15(20-16)19-14(16)13-3-5-17(6-4-13)21-11-12-22-17/h3,14-15H,2,4-12H2,1H3/t14-,15+,16-/m1/s1. The fourth-order valence-electron chi connectivity index (χ4n) is 4.70. The summed E-state index contributed by atoms with van der Waals surface area (Å²) in [5, 5.41) is 0. The van der Waals surface area contributed by atoms with Gasteiger partial charge in [0, 0.05) is 11.5 Å². The maximum Gasteiger partial charge on any atom is 0.182 e. The Kier molecular flexibility index (Phi) is 4.51. The summed E-state index contributed by atoms with van der Waals surface area (Å²) >= 11 is 8.56. The first-order chi connectivity index (χ1) is 11.6. The molecule has 5 aliphatic rings. The van der Waals surface area contributed by atoms with Crippen LogP contribution in [-0.4, -0.2) is 49.2 Å². The molecule has 0 aromatic heterocycles. The summed E-state index contributed by atoms with van der Waals surface area (Å²) in [4.78, 5) is 0. The Morgan fingerprint density at radius 3 is 2.50 bits per heavy atom. The first-order valence-electron chi connectivity index (χ1n) is 9.21. The van der Waals surface area contributed by atoms with Crippen LogP contribution in [0.3, 0.4) is 0 Å². The monoisotopic (exact) mass is 402 g/mol. The molecule has 0 N–H and O–H groups in total. The van der Waals surface area contributed by atoms with Crippen molar-refractivity contribution in [2.75, 3.05) is 23.0 Å². The van der Waals surface area contributed by atoms with E-state index in [0.717, 1.165) is 6.42 Å². The van der Waals surface area contributed by atoms with Crippen molar-refractivity contribution in [3.05, 3.63) is 11.6 Å². The third-order valence-electron chi connectivity index (χ3n) is 6.12. The van der Waals surface area contributed by atoms with E-state index in [1.165, 1.54) is 60.7 Å². The summed E-state index contributed by atoms with van der Waals surface area (Å²) in [5.74, 6) is 5.18. The van der Waals surface area contributed by atoms with Crippen LogP contribution in [-0.2, 0) is 9.47 Å². The SMILES string of the molecule is C[C@@]12CCC3(SCCCS3)[C@@H](O[C@@H]1C1=CCC3(CC1)SCCS3)O2. The molecule has 24 heavy (non-hydrogen) atoms. The Hall–Kier alpha value is 1.06. The summed E-state index contributed by atoms with van der Waals surface area (Å²) in [6.45, 7) is 2.30. The molecule has 4 heterocycles. The largest absolute Gasteiger partial charge is 0.341 e. The molecule has 2 bridgehead atoms. The lowest BCUT2D eigenvalue weighted by atomic mass is 9.83. The molecule has 3 atom stereocenters. The molecule has 0 aromatic carbocycles. The van der Waals surface area contributed by atoms with Crippen molar-refractivity contribution >= 4 is 47.0 Å². The third kappa shape index (κ3) is 2.73. The average molecular weight is 403 g/mol. The van der Waals surface area contributed by atoms with E-state index in [4.69, 9.17) is 9.47 Å². The predicted octanol–water partition coefficient (Wildman–Crippen LogP) is 5.13. The van der Waals surface area contributed by atoms with Gasteiger partial charge in [0.25, 0.3) is 0 Å². The van der Waals surface area contributed by atoms with E-state index in [0.29, 0.717) is 4.08 Å². The van der Waals surface area contributed by atoms with Gasteiger partial charge >= 0.3 is 0 Å². The molecule has 4 fully saturated rings. The Labute approximate surface area is 162 Å². The van der Waals surface area contributed by atoms with E-state index in [1.54, 1.807) is 0 Å². The van der Waals surface area contributed by atoms with Crippen molar-refractivity contribution in [1.29, 1.82) is 0 Å². The van der Waals surface area contributed by atoms with E-state index in [1.807, 2.05) is 0 Å². The van der Waals surface area contributed by atoms with E-state index in [2.05, 4.69) is 60.0 Å². The second-order valence-corrected chi connectivity index (χ2v) is 14.1. The molecule has 1 aliphatic carbocycles. The molecular weight excluding hydrogens is 376 g/mol. The van der Waals surface area contributed by atoms with Crippen LogP contribution in [0.2, 0.25) is 0 Å². The molecule has 0 saturated carbocycles. The minimum Gasteiger partial charge on any atom is -0.341 e. The van der Waals surface area contributed by atoms with Gasteiger partial charge < -0.3 is 9.47 Å². The molecule has 0 aromatic rings. The first kappa shape index (κ1) is 17.2. The minimum absolute atomic E-state index is 0.0106. The van der Waals surface area contributed by atoms with E-state index in [-0.39, 0.29) is 22.1 Å². The van der Waals surface area contributed by atoms with Crippen molar-refractivity contribution in [3.63, 3.8) is 0 Å². The van der Waals surface area contributed by atoms with Crippen LogP contribution >= 0.6 is 47.0 Å². The van der Waals surface area contributed by atoms with Gasteiger partial charge in [-0.25, -0.2) is 0 Å². The highest BCUT2D eigenvalue weighted by Crippen LogP contribution is 2.60. The van der Waals surface area contributed by atoms with Crippen LogP contribution < -0.4 is 0 Å². The smallest absolute Gasteiger partial charge is 0.182 e. The second-order valence-electron chi connectivity index (χ2n) is 7.73. The Morgan fingerprint density at radius 2 is 1.79 bits per heavy atom. The second kappa shape index (κ2) is 6.30. The van der Waals surface area contributed by atoms with Crippen molar-refractivity contribution < 1.29 is 9.47 Å². The molecule has 5 rings (SSSR count). The maximum atomic E-state index is 6.63. The van der Waals surface area contributed by atoms with Crippen molar-refractivity contribution in [3.8, 4) is 0 Å². The van der Waals surface area contributed by atoms with Crippen LogP contribution in [0, 0.1) is 0 Å². The fraction of sp³-hybridized carbons (Fsp3) is 0.889. The molecule has 0 unspecified atom stereocenters. The van der Waals surface area contributed by atoms with Crippen LogP contribution in [0.15, 0.2) is 11.6 Å². The van der Waals surface area contributed by atoms with Gasteiger partial charge in [-0.3, -0.25) is 0 Å². The molecule has 0 amide bonds. The summed E-state index contributed by atoms with van der Waals surface area (Å²) < 4.78 is 13.8. The number of rotatable bonds is 1. The molecule has 4 saturated heterocycles. The first-order valence-corrected chi connectivity index (χ1v) is 13.2. The van der Waals surface area contributed by atoms with Gasteiger partial charge in [0.2, 0.25) is 0 Å². The number of hydrogen-bond donors (Lipinski definition) is 0. The van der Waals surface area contributed by atoms with E-state index < -0.39 is 0 Å². The van der Waals surface area contributed by atoms with Gasteiger partial charge in [0.05, 0.1) is 9.68 Å². The number of ether oxygens (including phenoxy) is 2. The van der Waals surface area contributed by atoms with Gasteiger partial charge in [-0.2, -0.15) is 0 Å². The van der Waals surface area contributed by atoms with Crippen LogP contribution in [0.4, 0.5) is 0 Å². The maximum absolute atomic E-state index is 6.63. The molecule has 0 radical (unpaired) electrons. The lowest BCUT2D eigenvalue weighted by molar-refractivity contribution is -0.116. The highest BCUT2D eigenvalue weighted by atomic mass is 32.2. The lowest BCUT2D eigenvalue weighted by Gasteiger charge is -2.44. The molecule has 2 spiro atoms. The van der Waals surface area contributed by atoms with Crippen molar-refractivity contribution in [1.82, 2.24) is 0 Å². The minimum atomic E-state index is -0.0964. The zero-order valence-corrected chi connectivity index (χ0v) is 17.5. The Morgan fingerprint density at radius 1 is 1.00 bits per heavy atom. The average Bonchev–Trinajstić information content (AvgIpc) is 3.18. The van der Waals surface area contributed by atoms with E-state index in [9.17, 15) is 0 Å². The fourth-order valence-corrected chi connectivity index (χ4v) is 11.1. The zero-order chi connectivity index (χ0) is 16.3. The number of allylic oxidation sites excluding steroid dienone is 1. The van der Waals surface area contributed by atoms with Gasteiger partial charge in [0.15, 0.2) is 6.29 Å². The van der Waals surface area contributed by atoms with Crippen LogP contribution in [0.25, 0.3) is 0 Å². The summed E-state index contributed by atoms with van der Waals surface area (Å²) in [6, 6.07) is 0. The summed E-state index contributed by atoms with van der Waals surface area (Å²) in [5.41, 5.74) is 1.43. The van der Waals surface area contributed by atoms with Gasteiger partial charge in [-0.15, -0.1) is 47.0 Å². The summed E-state index contributed by atoms with van der Waals surface area (Å²) in [7, 11) is 0. The highest BCUT2D eigenvalue weighted by molar-refractivity contribution is 8.21. The lowest BCUT2D eigenvalue weighted by Crippen LogP contribution is -2.47. The summed E-state index contributed by atoms with van der Waals surface area (Å²) in [6.07, 6.45) is 10.1. The number of hydrogen-bond acceptors (Lipinski definition) is 6. The van der Waals surface area contributed by atoms with Crippen molar-refractivity contribution in [2.24, 2.45) is 0 Å². The van der Waals surface area contributed by atoms with Crippen LogP contribution in [0.5, 0.6) is 0 Å². The molecule has 4 aliphatic heterocycles. The number of fused-ring (bicyclic) bond motifs is 3.